The van der Waals surface area contributed by atoms with Gasteiger partial charge in [0.15, 0.2) is 23.0 Å². The molecule has 7 heteroatoms. The zero-order chi connectivity index (χ0) is 18.8. The van der Waals surface area contributed by atoms with Gasteiger partial charge in [-0.05, 0) is 41.6 Å². The standard InChI is InChI=1S/C19H19NO5S/c1-23-13-6-5-11-12(9-16(21)20-17(11)18(13)22)10-7-14(24-2)19(25-3)15(8-10)26-4/h5-9,22H,1-4H3,(H,20,21). The lowest BCUT2D eigenvalue weighted by Gasteiger charge is -2.15. The zero-order valence-corrected chi connectivity index (χ0v) is 15.7. The Bertz CT molecular complexity index is 1000. The van der Waals surface area contributed by atoms with E-state index in [0.29, 0.717) is 33.7 Å². The van der Waals surface area contributed by atoms with Crippen molar-refractivity contribution in [2.75, 3.05) is 27.6 Å². The number of thioether (sulfide) groups is 1. The lowest BCUT2D eigenvalue weighted by atomic mass is 10.00. The van der Waals surface area contributed by atoms with Gasteiger partial charge in [-0.1, -0.05) is 0 Å². The van der Waals surface area contributed by atoms with E-state index in [2.05, 4.69) is 4.98 Å². The molecule has 2 aromatic carbocycles. The Morgan fingerprint density at radius 1 is 1.00 bits per heavy atom. The summed E-state index contributed by atoms with van der Waals surface area (Å²) >= 11 is 1.52. The van der Waals surface area contributed by atoms with Crippen molar-refractivity contribution in [2.45, 2.75) is 4.90 Å². The zero-order valence-electron chi connectivity index (χ0n) is 14.9. The predicted octanol–water partition coefficient (Wildman–Crippen LogP) is 3.65. The summed E-state index contributed by atoms with van der Waals surface area (Å²) in [6, 6.07) is 8.71. The summed E-state index contributed by atoms with van der Waals surface area (Å²) in [5, 5.41) is 11.1. The summed E-state index contributed by atoms with van der Waals surface area (Å²) < 4.78 is 16.0. The maximum absolute atomic E-state index is 12.2. The van der Waals surface area contributed by atoms with Crippen LogP contribution in [0.4, 0.5) is 0 Å². The second-order valence-electron chi connectivity index (χ2n) is 5.50. The largest absolute Gasteiger partial charge is 0.503 e. The van der Waals surface area contributed by atoms with E-state index >= 15 is 0 Å². The summed E-state index contributed by atoms with van der Waals surface area (Å²) in [5.74, 6) is 1.40. The van der Waals surface area contributed by atoms with Crippen LogP contribution < -0.4 is 19.8 Å². The van der Waals surface area contributed by atoms with Gasteiger partial charge < -0.3 is 24.3 Å². The molecule has 0 aliphatic heterocycles. The molecule has 6 nitrogen and oxygen atoms in total. The maximum atomic E-state index is 12.2. The molecule has 0 aliphatic carbocycles. The lowest BCUT2D eigenvalue weighted by Crippen LogP contribution is -2.05. The van der Waals surface area contributed by atoms with Crippen molar-refractivity contribution in [1.82, 2.24) is 4.98 Å². The van der Waals surface area contributed by atoms with Crippen molar-refractivity contribution in [3.8, 4) is 34.1 Å². The molecule has 0 saturated carbocycles. The summed E-state index contributed by atoms with van der Waals surface area (Å²) in [6.45, 7) is 0. The molecular formula is C19H19NO5S. The minimum atomic E-state index is -0.323. The fourth-order valence-electron chi connectivity index (χ4n) is 2.93. The van der Waals surface area contributed by atoms with Crippen molar-refractivity contribution < 1.29 is 19.3 Å². The molecule has 1 heterocycles. The van der Waals surface area contributed by atoms with Crippen LogP contribution in [-0.4, -0.2) is 37.7 Å². The van der Waals surface area contributed by atoms with Crippen LogP contribution in [0.5, 0.6) is 23.0 Å². The average Bonchev–Trinajstić information content (AvgIpc) is 2.66. The second kappa shape index (κ2) is 7.21. The van der Waals surface area contributed by atoms with Gasteiger partial charge in [-0.25, -0.2) is 0 Å². The monoisotopic (exact) mass is 373 g/mol. The normalized spacial score (nSPS) is 10.8. The molecule has 2 N–H and O–H groups in total. The number of methoxy groups -OCH3 is 3. The number of rotatable bonds is 5. The quantitative estimate of drug-likeness (QED) is 0.665. The van der Waals surface area contributed by atoms with Crippen LogP contribution in [0.25, 0.3) is 22.0 Å². The fraction of sp³-hybridized carbons (Fsp3) is 0.211. The Morgan fingerprint density at radius 3 is 2.35 bits per heavy atom. The van der Waals surface area contributed by atoms with E-state index in [-0.39, 0.29) is 11.3 Å². The Kier molecular flexibility index (Phi) is 4.99. The predicted molar refractivity (Wildman–Crippen MR) is 103 cm³/mol. The number of phenols is 1. The molecule has 26 heavy (non-hydrogen) atoms. The highest BCUT2D eigenvalue weighted by Gasteiger charge is 2.17. The maximum Gasteiger partial charge on any atom is 0.249 e. The lowest BCUT2D eigenvalue weighted by molar-refractivity contribution is 0.348. The molecule has 0 spiro atoms. The van der Waals surface area contributed by atoms with E-state index in [4.69, 9.17) is 14.2 Å². The number of aromatic nitrogens is 1. The first kappa shape index (κ1) is 18.0. The number of pyridine rings is 1. The molecule has 0 amide bonds. The number of fused-ring (bicyclic) bond motifs is 1. The first-order valence-corrected chi connectivity index (χ1v) is 8.99. The Morgan fingerprint density at radius 2 is 1.73 bits per heavy atom. The van der Waals surface area contributed by atoms with E-state index < -0.39 is 0 Å². The molecular weight excluding hydrogens is 354 g/mol. The Hall–Kier alpha value is -2.80. The van der Waals surface area contributed by atoms with Crippen molar-refractivity contribution in [3.05, 3.63) is 40.7 Å². The minimum Gasteiger partial charge on any atom is -0.503 e. The molecule has 136 valence electrons. The fourth-order valence-corrected chi connectivity index (χ4v) is 3.55. The highest BCUT2D eigenvalue weighted by atomic mass is 32.2. The van der Waals surface area contributed by atoms with Crippen molar-refractivity contribution in [3.63, 3.8) is 0 Å². The number of phenolic OH excluding ortho intramolecular Hbond substituents is 1. The molecule has 0 saturated heterocycles. The first-order valence-electron chi connectivity index (χ1n) is 7.77. The van der Waals surface area contributed by atoms with Crippen LogP contribution >= 0.6 is 11.8 Å². The molecule has 0 aliphatic rings. The third kappa shape index (κ3) is 2.94. The highest BCUT2D eigenvalue weighted by molar-refractivity contribution is 7.98. The molecule has 0 radical (unpaired) electrons. The highest BCUT2D eigenvalue weighted by Crippen LogP contribution is 2.43. The van der Waals surface area contributed by atoms with Crippen molar-refractivity contribution in [1.29, 1.82) is 0 Å². The molecule has 3 aromatic rings. The number of aromatic amines is 1. The van der Waals surface area contributed by atoms with Crippen molar-refractivity contribution >= 4 is 22.7 Å². The number of hydrogen-bond acceptors (Lipinski definition) is 6. The summed E-state index contributed by atoms with van der Waals surface area (Å²) in [4.78, 5) is 15.8. The van der Waals surface area contributed by atoms with Crippen LogP contribution in [0.15, 0.2) is 40.0 Å². The van der Waals surface area contributed by atoms with E-state index in [1.54, 1.807) is 26.4 Å². The SMILES string of the molecule is COc1cc(-c2cc(=O)[nH]c3c(O)c(OC)ccc23)cc(SC)c1OC. The topological polar surface area (TPSA) is 80.8 Å². The molecule has 0 atom stereocenters. The molecule has 0 fully saturated rings. The van der Waals surface area contributed by atoms with Gasteiger partial charge in [0.2, 0.25) is 5.56 Å². The van der Waals surface area contributed by atoms with Gasteiger partial charge in [-0.2, -0.15) is 0 Å². The second-order valence-corrected chi connectivity index (χ2v) is 6.35. The van der Waals surface area contributed by atoms with Crippen LogP contribution in [0.3, 0.4) is 0 Å². The van der Waals surface area contributed by atoms with Gasteiger partial charge in [-0.15, -0.1) is 11.8 Å². The summed E-state index contributed by atoms with van der Waals surface area (Å²) in [5.41, 5.74) is 1.47. The van der Waals surface area contributed by atoms with E-state index in [9.17, 15) is 9.90 Å². The van der Waals surface area contributed by atoms with Gasteiger partial charge >= 0.3 is 0 Å². The smallest absolute Gasteiger partial charge is 0.249 e. The first-order chi connectivity index (χ1) is 12.5. The molecule has 3 rings (SSSR count). The van der Waals surface area contributed by atoms with Crippen molar-refractivity contribution in [2.24, 2.45) is 0 Å². The molecule has 0 bridgehead atoms. The summed E-state index contributed by atoms with van der Waals surface area (Å²) in [6.07, 6.45) is 1.94. The number of ether oxygens (including phenoxy) is 3. The van der Waals surface area contributed by atoms with Crippen LogP contribution in [0.2, 0.25) is 0 Å². The number of nitrogens with one attached hydrogen (secondary N) is 1. The minimum absolute atomic E-state index is 0.102. The van der Waals surface area contributed by atoms with Gasteiger partial charge in [-0.3, -0.25) is 4.79 Å². The van der Waals surface area contributed by atoms with Gasteiger partial charge in [0.25, 0.3) is 0 Å². The van der Waals surface area contributed by atoms with Crippen LogP contribution in [-0.2, 0) is 0 Å². The number of benzene rings is 2. The Labute approximate surface area is 154 Å². The van der Waals surface area contributed by atoms with Crippen LogP contribution in [0.1, 0.15) is 0 Å². The average molecular weight is 373 g/mol. The van der Waals surface area contributed by atoms with E-state index in [1.165, 1.54) is 24.9 Å². The third-order valence-electron chi connectivity index (χ3n) is 4.15. The van der Waals surface area contributed by atoms with Gasteiger partial charge in [0.1, 0.15) is 0 Å². The number of aromatic hydroxyl groups is 1. The summed E-state index contributed by atoms with van der Waals surface area (Å²) in [7, 11) is 4.62. The Balaban J connectivity index is 2.35. The molecule has 1 aromatic heterocycles. The molecule has 0 unspecified atom stereocenters. The van der Waals surface area contributed by atoms with E-state index in [0.717, 1.165) is 10.5 Å². The third-order valence-corrected chi connectivity index (χ3v) is 4.89. The van der Waals surface area contributed by atoms with E-state index in [1.807, 2.05) is 18.4 Å². The number of H-pyrrole nitrogens is 1. The van der Waals surface area contributed by atoms with Crippen LogP contribution in [0, 0.1) is 0 Å². The number of hydrogen-bond donors (Lipinski definition) is 2. The van der Waals surface area contributed by atoms with Gasteiger partial charge in [0.05, 0.1) is 31.7 Å². The van der Waals surface area contributed by atoms with Gasteiger partial charge in [0, 0.05) is 11.5 Å².